The van der Waals surface area contributed by atoms with Crippen LogP contribution in [0.5, 0.6) is 5.75 Å². The highest BCUT2D eigenvalue weighted by Crippen LogP contribution is 2.21. The van der Waals surface area contributed by atoms with Crippen molar-refractivity contribution in [1.82, 2.24) is 10.2 Å². The first-order valence-corrected chi connectivity index (χ1v) is 5.69. The normalized spacial score (nSPS) is 10.6. The predicted octanol–water partition coefficient (Wildman–Crippen LogP) is 3.28. The van der Waals surface area contributed by atoms with Gasteiger partial charge in [-0.05, 0) is 42.3 Å². The largest absolute Gasteiger partial charge is 0.497 e. The molecule has 1 aromatic carbocycles. The van der Waals surface area contributed by atoms with Crippen molar-refractivity contribution in [3.63, 3.8) is 0 Å². The molecule has 0 saturated heterocycles. The first-order chi connectivity index (χ1) is 8.20. The lowest BCUT2D eigenvalue weighted by Gasteiger charge is -2.05. The highest BCUT2D eigenvalue weighted by molar-refractivity contribution is 5.59. The van der Waals surface area contributed by atoms with Crippen LogP contribution in [0.25, 0.3) is 11.3 Å². The average Bonchev–Trinajstić information content (AvgIpc) is 2.39. The molecule has 1 aromatic heterocycles. The van der Waals surface area contributed by atoms with Crippen molar-refractivity contribution in [3.8, 4) is 17.0 Å². The van der Waals surface area contributed by atoms with Crippen molar-refractivity contribution in [2.75, 3.05) is 7.11 Å². The van der Waals surface area contributed by atoms with Crippen LogP contribution < -0.4 is 4.74 Å². The van der Waals surface area contributed by atoms with Gasteiger partial charge in [0.25, 0.3) is 0 Å². The molecule has 0 spiro atoms. The summed E-state index contributed by atoms with van der Waals surface area (Å²) in [5.41, 5.74) is 2.95. The van der Waals surface area contributed by atoms with Gasteiger partial charge in [0.2, 0.25) is 0 Å². The molecule has 3 nitrogen and oxygen atoms in total. The van der Waals surface area contributed by atoms with Crippen molar-refractivity contribution >= 4 is 0 Å². The summed E-state index contributed by atoms with van der Waals surface area (Å²) in [7, 11) is 1.66. The Kier molecular flexibility index (Phi) is 3.38. The van der Waals surface area contributed by atoms with Gasteiger partial charge in [0.1, 0.15) is 5.75 Å². The van der Waals surface area contributed by atoms with Gasteiger partial charge in [-0.2, -0.15) is 10.2 Å². The third kappa shape index (κ3) is 2.61. The Labute approximate surface area is 101 Å². The molecule has 0 aliphatic carbocycles. The molecule has 0 saturated carbocycles. The maximum Gasteiger partial charge on any atom is 0.118 e. The van der Waals surface area contributed by atoms with E-state index in [0.717, 1.165) is 22.7 Å². The number of benzene rings is 1. The molecule has 0 aliphatic rings. The van der Waals surface area contributed by atoms with E-state index in [4.69, 9.17) is 4.74 Å². The quantitative estimate of drug-likeness (QED) is 0.808. The lowest BCUT2D eigenvalue weighted by molar-refractivity contribution is 0.415. The Hall–Kier alpha value is -1.90. The van der Waals surface area contributed by atoms with E-state index in [1.54, 1.807) is 7.11 Å². The van der Waals surface area contributed by atoms with E-state index in [-0.39, 0.29) is 0 Å². The van der Waals surface area contributed by atoms with Crippen molar-refractivity contribution in [1.29, 1.82) is 0 Å². The van der Waals surface area contributed by atoms with E-state index in [2.05, 4.69) is 24.0 Å². The second-order valence-corrected chi connectivity index (χ2v) is 4.23. The maximum atomic E-state index is 5.12. The van der Waals surface area contributed by atoms with Gasteiger partial charge in [-0.3, -0.25) is 0 Å². The molecule has 0 bridgehead atoms. The molecule has 0 radical (unpaired) electrons. The van der Waals surface area contributed by atoms with Gasteiger partial charge in [-0.15, -0.1) is 0 Å². The number of rotatable bonds is 3. The van der Waals surface area contributed by atoms with Crippen LogP contribution in [0.3, 0.4) is 0 Å². The van der Waals surface area contributed by atoms with Crippen LogP contribution in [0.4, 0.5) is 0 Å². The van der Waals surface area contributed by atoms with Crippen LogP contribution in [-0.4, -0.2) is 17.3 Å². The molecular weight excluding hydrogens is 212 g/mol. The Morgan fingerprint density at radius 3 is 2.12 bits per heavy atom. The highest BCUT2D eigenvalue weighted by atomic mass is 16.5. The molecule has 88 valence electrons. The number of aromatic nitrogens is 2. The summed E-state index contributed by atoms with van der Waals surface area (Å²) >= 11 is 0. The zero-order valence-electron chi connectivity index (χ0n) is 10.3. The maximum absolute atomic E-state index is 5.12. The zero-order chi connectivity index (χ0) is 12.3. The Morgan fingerprint density at radius 2 is 1.65 bits per heavy atom. The molecule has 1 heterocycles. The summed E-state index contributed by atoms with van der Waals surface area (Å²) in [6.45, 7) is 4.22. The molecule has 2 rings (SSSR count). The van der Waals surface area contributed by atoms with Crippen molar-refractivity contribution < 1.29 is 4.74 Å². The van der Waals surface area contributed by atoms with Gasteiger partial charge in [0.15, 0.2) is 0 Å². The molecule has 0 unspecified atom stereocenters. The Morgan fingerprint density at radius 1 is 0.941 bits per heavy atom. The molecule has 17 heavy (non-hydrogen) atoms. The van der Waals surface area contributed by atoms with E-state index in [9.17, 15) is 0 Å². The third-order valence-electron chi connectivity index (χ3n) is 2.66. The lowest BCUT2D eigenvalue weighted by atomic mass is 10.1. The molecule has 0 atom stereocenters. The summed E-state index contributed by atoms with van der Waals surface area (Å²) in [5.74, 6) is 1.26. The van der Waals surface area contributed by atoms with E-state index in [1.165, 1.54) is 0 Å². The first-order valence-electron chi connectivity index (χ1n) is 5.69. The Bertz CT molecular complexity index is 475. The van der Waals surface area contributed by atoms with E-state index < -0.39 is 0 Å². The number of ether oxygens (including phenoxy) is 1. The topological polar surface area (TPSA) is 35.0 Å². The molecule has 3 heteroatoms. The minimum atomic E-state index is 0.410. The van der Waals surface area contributed by atoms with Gasteiger partial charge >= 0.3 is 0 Å². The number of hydrogen-bond donors (Lipinski definition) is 0. The van der Waals surface area contributed by atoms with Crippen LogP contribution in [0.15, 0.2) is 36.4 Å². The molecule has 0 fully saturated rings. The summed E-state index contributed by atoms with van der Waals surface area (Å²) < 4.78 is 5.12. The summed E-state index contributed by atoms with van der Waals surface area (Å²) in [6.07, 6.45) is 0. The van der Waals surface area contributed by atoms with Crippen LogP contribution in [0, 0.1) is 0 Å². The summed E-state index contributed by atoms with van der Waals surface area (Å²) in [5, 5.41) is 8.45. The number of methoxy groups -OCH3 is 1. The van der Waals surface area contributed by atoms with Gasteiger partial charge in [-0.1, -0.05) is 13.8 Å². The second kappa shape index (κ2) is 4.95. The van der Waals surface area contributed by atoms with E-state index >= 15 is 0 Å². The zero-order valence-corrected chi connectivity index (χ0v) is 10.3. The molecule has 2 aromatic rings. The minimum absolute atomic E-state index is 0.410. The van der Waals surface area contributed by atoms with Crippen LogP contribution in [-0.2, 0) is 0 Å². The molecular formula is C14H16N2O. The molecule has 0 amide bonds. The SMILES string of the molecule is COc1ccc(-c2ccc(C(C)C)nn2)cc1. The van der Waals surface area contributed by atoms with E-state index in [0.29, 0.717) is 5.92 Å². The third-order valence-corrected chi connectivity index (χ3v) is 2.66. The monoisotopic (exact) mass is 228 g/mol. The van der Waals surface area contributed by atoms with Crippen molar-refractivity contribution in [2.24, 2.45) is 0 Å². The lowest BCUT2D eigenvalue weighted by Crippen LogP contribution is -1.96. The summed E-state index contributed by atoms with van der Waals surface area (Å²) in [6, 6.07) is 11.8. The summed E-state index contributed by atoms with van der Waals surface area (Å²) in [4.78, 5) is 0. The van der Waals surface area contributed by atoms with Gasteiger partial charge < -0.3 is 4.74 Å². The van der Waals surface area contributed by atoms with Crippen molar-refractivity contribution in [2.45, 2.75) is 19.8 Å². The van der Waals surface area contributed by atoms with Gasteiger partial charge in [0, 0.05) is 5.56 Å². The standard InChI is InChI=1S/C14H16N2O/c1-10(2)13-8-9-14(16-15-13)11-4-6-12(17-3)7-5-11/h4-10H,1-3H3. The van der Waals surface area contributed by atoms with Gasteiger partial charge in [0.05, 0.1) is 18.5 Å². The van der Waals surface area contributed by atoms with Crippen LogP contribution in [0.2, 0.25) is 0 Å². The number of nitrogens with zero attached hydrogens (tertiary/aromatic N) is 2. The minimum Gasteiger partial charge on any atom is -0.497 e. The van der Waals surface area contributed by atoms with E-state index in [1.807, 2.05) is 36.4 Å². The fourth-order valence-electron chi connectivity index (χ4n) is 1.57. The smallest absolute Gasteiger partial charge is 0.118 e. The average molecular weight is 228 g/mol. The molecule has 0 N–H and O–H groups in total. The second-order valence-electron chi connectivity index (χ2n) is 4.23. The van der Waals surface area contributed by atoms with Crippen molar-refractivity contribution in [3.05, 3.63) is 42.1 Å². The fraction of sp³-hybridized carbons (Fsp3) is 0.286. The van der Waals surface area contributed by atoms with Gasteiger partial charge in [-0.25, -0.2) is 0 Å². The number of hydrogen-bond acceptors (Lipinski definition) is 3. The highest BCUT2D eigenvalue weighted by Gasteiger charge is 2.04. The van der Waals surface area contributed by atoms with Crippen LogP contribution in [0.1, 0.15) is 25.5 Å². The fourth-order valence-corrected chi connectivity index (χ4v) is 1.57. The Balaban J connectivity index is 2.26. The first kappa shape index (κ1) is 11.6. The predicted molar refractivity (Wildman–Crippen MR) is 68.1 cm³/mol. The van der Waals surface area contributed by atoms with Crippen LogP contribution >= 0.6 is 0 Å². The molecule has 0 aliphatic heterocycles.